The largest absolute Gasteiger partial charge is 0.383 e. The predicted octanol–water partition coefficient (Wildman–Crippen LogP) is 4.16. The number of hydrogen-bond acceptors (Lipinski definition) is 3. The second-order valence-corrected chi connectivity index (χ2v) is 5.71. The fraction of sp³-hybridized carbons (Fsp3) is 0.0625. The molecule has 0 saturated heterocycles. The molecule has 0 aliphatic carbocycles. The molecule has 1 heterocycles. The Hall–Kier alpha value is -2.41. The first-order valence-corrected chi connectivity index (χ1v) is 7.69. The van der Waals surface area contributed by atoms with E-state index in [1.54, 1.807) is 16.7 Å². The Bertz CT molecular complexity index is 811. The highest BCUT2D eigenvalue weighted by Gasteiger charge is 2.14. The molecule has 23 heavy (non-hydrogen) atoms. The van der Waals surface area contributed by atoms with Gasteiger partial charge in [-0.25, -0.2) is 18.2 Å². The smallest absolute Gasteiger partial charge is 0.174 e. The molecule has 3 rings (SSSR count). The van der Waals surface area contributed by atoms with Gasteiger partial charge >= 0.3 is 0 Å². The first-order chi connectivity index (χ1) is 11.1. The lowest BCUT2D eigenvalue weighted by molar-refractivity contribution is 0.566. The van der Waals surface area contributed by atoms with Gasteiger partial charge in [-0.15, -0.1) is 0 Å². The predicted molar refractivity (Wildman–Crippen MR) is 83.9 cm³/mol. The fourth-order valence-electron chi connectivity index (χ4n) is 2.11. The molecule has 0 radical (unpaired) electrons. The van der Waals surface area contributed by atoms with Crippen molar-refractivity contribution in [1.29, 1.82) is 0 Å². The van der Waals surface area contributed by atoms with Crippen LogP contribution in [0, 0.1) is 17.5 Å². The molecular formula is C16H12F3N3S. The molecule has 3 aromatic rings. The molecule has 0 spiro atoms. The zero-order valence-electron chi connectivity index (χ0n) is 11.8. The maximum atomic E-state index is 13.7. The molecule has 3 nitrogen and oxygen atoms in total. The molecule has 0 aliphatic heterocycles. The molecule has 0 bridgehead atoms. The lowest BCUT2D eigenvalue weighted by Gasteiger charge is -2.10. The molecule has 0 unspecified atom stereocenters. The summed E-state index contributed by atoms with van der Waals surface area (Å²) in [5.74, 6) is -1.16. The van der Waals surface area contributed by atoms with Crippen molar-refractivity contribution in [2.45, 2.75) is 10.9 Å². The van der Waals surface area contributed by atoms with Crippen molar-refractivity contribution in [3.05, 3.63) is 71.7 Å². The van der Waals surface area contributed by atoms with Crippen LogP contribution in [0.25, 0.3) is 5.69 Å². The highest BCUT2D eigenvalue weighted by molar-refractivity contribution is 7.98. The molecule has 2 N–H and O–H groups in total. The summed E-state index contributed by atoms with van der Waals surface area (Å²) in [5, 5.41) is 0.469. The highest BCUT2D eigenvalue weighted by atomic mass is 32.2. The number of thioether (sulfide) groups is 1. The van der Waals surface area contributed by atoms with E-state index >= 15 is 0 Å². The van der Waals surface area contributed by atoms with Crippen LogP contribution in [0.3, 0.4) is 0 Å². The summed E-state index contributed by atoms with van der Waals surface area (Å²) in [6, 6.07) is 9.46. The van der Waals surface area contributed by atoms with Gasteiger partial charge in [-0.1, -0.05) is 17.8 Å². The number of imidazole rings is 1. The maximum Gasteiger partial charge on any atom is 0.174 e. The first kappa shape index (κ1) is 15.5. The van der Waals surface area contributed by atoms with Crippen molar-refractivity contribution in [2.75, 3.05) is 5.73 Å². The van der Waals surface area contributed by atoms with Crippen LogP contribution in [0.4, 0.5) is 19.0 Å². The third-order valence-electron chi connectivity index (χ3n) is 3.25. The number of nitrogens with two attached hydrogens (primary N) is 1. The monoisotopic (exact) mass is 335 g/mol. The van der Waals surface area contributed by atoms with Gasteiger partial charge < -0.3 is 5.73 Å². The second kappa shape index (κ2) is 6.37. The SMILES string of the molecule is Nc1cnc(SCc2c(F)cccc2F)n1-c1ccc(F)cc1. The lowest BCUT2D eigenvalue weighted by Crippen LogP contribution is -2.02. The van der Waals surface area contributed by atoms with Crippen molar-refractivity contribution < 1.29 is 13.2 Å². The summed E-state index contributed by atoms with van der Waals surface area (Å²) >= 11 is 1.15. The Morgan fingerprint density at radius 2 is 1.65 bits per heavy atom. The topological polar surface area (TPSA) is 43.8 Å². The van der Waals surface area contributed by atoms with Gasteiger partial charge in [-0.05, 0) is 36.4 Å². The minimum atomic E-state index is -0.606. The Kier molecular flexibility index (Phi) is 4.29. The van der Waals surface area contributed by atoms with Gasteiger partial charge in [0.15, 0.2) is 5.16 Å². The lowest BCUT2D eigenvalue weighted by atomic mass is 10.2. The maximum absolute atomic E-state index is 13.7. The van der Waals surface area contributed by atoms with Gasteiger partial charge in [0.1, 0.15) is 23.3 Å². The molecule has 0 amide bonds. The van der Waals surface area contributed by atoms with Gasteiger partial charge in [0.25, 0.3) is 0 Å². The van der Waals surface area contributed by atoms with Crippen LogP contribution in [-0.4, -0.2) is 9.55 Å². The molecule has 1 aromatic heterocycles. The van der Waals surface area contributed by atoms with E-state index < -0.39 is 11.6 Å². The van der Waals surface area contributed by atoms with Crippen molar-refractivity contribution in [3.63, 3.8) is 0 Å². The summed E-state index contributed by atoms with van der Waals surface area (Å²) < 4.78 is 42.0. The normalized spacial score (nSPS) is 10.9. The second-order valence-electron chi connectivity index (χ2n) is 4.77. The van der Waals surface area contributed by atoms with Crippen LogP contribution in [0.1, 0.15) is 5.56 Å². The van der Waals surface area contributed by atoms with Gasteiger partial charge in [0.05, 0.1) is 6.20 Å². The molecule has 0 aliphatic rings. The van der Waals surface area contributed by atoms with Crippen LogP contribution < -0.4 is 5.73 Å². The van der Waals surface area contributed by atoms with Gasteiger partial charge in [-0.3, -0.25) is 4.57 Å². The molecule has 2 aromatic carbocycles. The minimum absolute atomic E-state index is 0.0234. The van der Waals surface area contributed by atoms with Crippen LogP contribution in [0.2, 0.25) is 0 Å². The zero-order valence-corrected chi connectivity index (χ0v) is 12.7. The number of halogens is 3. The number of anilines is 1. The van der Waals surface area contributed by atoms with E-state index in [2.05, 4.69) is 4.98 Å². The number of rotatable bonds is 4. The van der Waals surface area contributed by atoms with Crippen LogP contribution in [0.15, 0.2) is 53.8 Å². The molecule has 7 heteroatoms. The minimum Gasteiger partial charge on any atom is -0.383 e. The zero-order chi connectivity index (χ0) is 16.4. The van der Waals surface area contributed by atoms with E-state index in [1.807, 2.05) is 0 Å². The Morgan fingerprint density at radius 3 is 2.30 bits per heavy atom. The average molecular weight is 335 g/mol. The standard InChI is InChI=1S/C16H12F3N3S/c17-10-4-6-11(7-5-10)22-15(20)8-21-16(22)23-9-12-13(18)2-1-3-14(12)19/h1-8H,9,20H2. The molecule has 0 saturated carbocycles. The van der Waals surface area contributed by atoms with Gasteiger partial charge in [-0.2, -0.15) is 0 Å². The molecule has 0 fully saturated rings. The summed E-state index contributed by atoms with van der Waals surface area (Å²) in [6.45, 7) is 0. The third kappa shape index (κ3) is 3.19. The van der Waals surface area contributed by atoms with Crippen molar-refractivity contribution in [2.24, 2.45) is 0 Å². The number of aromatic nitrogens is 2. The van der Waals surface area contributed by atoms with E-state index in [9.17, 15) is 13.2 Å². The third-order valence-corrected chi connectivity index (χ3v) is 4.23. The number of nitrogens with zero attached hydrogens (tertiary/aromatic N) is 2. The molecular weight excluding hydrogens is 323 g/mol. The molecule has 0 atom stereocenters. The van der Waals surface area contributed by atoms with E-state index in [0.717, 1.165) is 11.8 Å². The number of nitrogen functional groups attached to an aromatic ring is 1. The number of hydrogen-bond donors (Lipinski definition) is 1. The summed E-state index contributed by atoms with van der Waals surface area (Å²) in [7, 11) is 0. The van der Waals surface area contributed by atoms with E-state index in [4.69, 9.17) is 5.73 Å². The average Bonchev–Trinajstić information content (AvgIpc) is 2.89. The Labute approximate surface area is 135 Å². The molecule has 118 valence electrons. The van der Waals surface area contributed by atoms with Crippen molar-refractivity contribution in [1.82, 2.24) is 9.55 Å². The fourth-order valence-corrected chi connectivity index (χ4v) is 3.12. The highest BCUT2D eigenvalue weighted by Crippen LogP contribution is 2.29. The van der Waals surface area contributed by atoms with Crippen molar-refractivity contribution >= 4 is 17.6 Å². The Morgan fingerprint density at radius 1 is 1.00 bits per heavy atom. The Balaban J connectivity index is 1.89. The van der Waals surface area contributed by atoms with Crippen LogP contribution >= 0.6 is 11.8 Å². The summed E-state index contributed by atoms with van der Waals surface area (Å²) in [6.07, 6.45) is 1.45. The van der Waals surface area contributed by atoms with E-state index in [-0.39, 0.29) is 17.1 Å². The first-order valence-electron chi connectivity index (χ1n) is 6.71. The summed E-state index contributed by atoms with van der Waals surface area (Å²) in [5.41, 5.74) is 6.49. The van der Waals surface area contributed by atoms with Gasteiger partial charge in [0, 0.05) is 17.0 Å². The van der Waals surface area contributed by atoms with E-state index in [1.165, 1.54) is 36.5 Å². The summed E-state index contributed by atoms with van der Waals surface area (Å²) in [4.78, 5) is 4.15. The van der Waals surface area contributed by atoms with Gasteiger partial charge in [0.2, 0.25) is 0 Å². The van der Waals surface area contributed by atoms with Crippen LogP contribution in [0.5, 0.6) is 0 Å². The quantitative estimate of drug-likeness (QED) is 0.728. The van der Waals surface area contributed by atoms with Crippen LogP contribution in [-0.2, 0) is 5.75 Å². The number of benzene rings is 2. The van der Waals surface area contributed by atoms with E-state index in [0.29, 0.717) is 16.7 Å². The van der Waals surface area contributed by atoms with Crippen molar-refractivity contribution in [3.8, 4) is 5.69 Å².